The summed E-state index contributed by atoms with van der Waals surface area (Å²) in [5.74, 6) is -0.252. The first kappa shape index (κ1) is 17.8. The third-order valence-corrected chi connectivity index (χ3v) is 5.97. The van der Waals surface area contributed by atoms with E-state index < -0.39 is 11.6 Å². The van der Waals surface area contributed by atoms with Crippen molar-refractivity contribution < 1.29 is 14.4 Å². The van der Waals surface area contributed by atoms with Gasteiger partial charge >= 0.3 is 6.03 Å². The third-order valence-electron chi connectivity index (χ3n) is 5.97. The number of nitrogens with one attached hydrogen (secondary N) is 1. The maximum atomic E-state index is 12.7. The predicted octanol–water partition coefficient (Wildman–Crippen LogP) is 2.33. The van der Waals surface area contributed by atoms with Crippen molar-refractivity contribution in [3.8, 4) is 0 Å². The summed E-state index contributed by atoms with van der Waals surface area (Å²) in [5.41, 5.74) is 2.80. The molecule has 6 nitrogen and oxygen atoms in total. The lowest BCUT2D eigenvalue weighted by molar-refractivity contribution is -0.138. The molecule has 1 aromatic rings. The van der Waals surface area contributed by atoms with Crippen molar-refractivity contribution in [1.82, 2.24) is 15.1 Å². The molecule has 0 aromatic heterocycles. The van der Waals surface area contributed by atoms with Crippen molar-refractivity contribution in [2.24, 2.45) is 5.92 Å². The Kier molecular flexibility index (Phi) is 4.29. The van der Waals surface area contributed by atoms with Crippen molar-refractivity contribution in [3.63, 3.8) is 0 Å². The van der Waals surface area contributed by atoms with Gasteiger partial charge in [-0.05, 0) is 50.2 Å². The Morgan fingerprint density at radius 1 is 1.22 bits per heavy atom. The second-order valence-corrected chi connectivity index (χ2v) is 7.98. The zero-order valence-electron chi connectivity index (χ0n) is 15.8. The second kappa shape index (κ2) is 6.51. The van der Waals surface area contributed by atoms with Crippen molar-refractivity contribution >= 4 is 23.4 Å². The number of carbonyl (C=O) groups excluding carboxylic acids is 3. The number of rotatable bonds is 4. The minimum atomic E-state index is -0.836. The van der Waals surface area contributed by atoms with Crippen LogP contribution in [0, 0.1) is 12.8 Å². The Morgan fingerprint density at radius 2 is 1.93 bits per heavy atom. The summed E-state index contributed by atoms with van der Waals surface area (Å²) in [5, 5.41) is 2.79. The van der Waals surface area contributed by atoms with E-state index in [0.29, 0.717) is 13.1 Å². The fourth-order valence-electron chi connectivity index (χ4n) is 3.96. The van der Waals surface area contributed by atoms with Crippen LogP contribution in [-0.2, 0) is 9.59 Å². The summed E-state index contributed by atoms with van der Waals surface area (Å²) in [6.07, 6.45) is 4.73. The van der Waals surface area contributed by atoms with Gasteiger partial charge in [-0.15, -0.1) is 0 Å². The highest BCUT2D eigenvalue weighted by Gasteiger charge is 2.56. The van der Waals surface area contributed by atoms with E-state index in [-0.39, 0.29) is 24.3 Å². The average molecular weight is 367 g/mol. The maximum Gasteiger partial charge on any atom is 0.325 e. The van der Waals surface area contributed by atoms with Crippen LogP contribution >= 0.6 is 0 Å². The first-order valence-electron chi connectivity index (χ1n) is 9.56. The molecule has 1 aliphatic carbocycles. The summed E-state index contributed by atoms with van der Waals surface area (Å²) in [7, 11) is 0. The highest BCUT2D eigenvalue weighted by molar-refractivity contribution is 6.09. The summed E-state index contributed by atoms with van der Waals surface area (Å²) < 4.78 is 0. The molecule has 4 rings (SSSR count). The van der Waals surface area contributed by atoms with Crippen molar-refractivity contribution in [1.29, 1.82) is 0 Å². The highest BCUT2D eigenvalue weighted by Crippen LogP contribution is 2.42. The molecule has 0 unspecified atom stereocenters. The van der Waals surface area contributed by atoms with Crippen LogP contribution < -0.4 is 5.32 Å². The van der Waals surface area contributed by atoms with Crippen LogP contribution in [0.2, 0.25) is 0 Å². The van der Waals surface area contributed by atoms with Crippen molar-refractivity contribution in [2.75, 3.05) is 19.6 Å². The first-order valence-corrected chi connectivity index (χ1v) is 9.56. The molecule has 1 aromatic carbocycles. The molecule has 2 heterocycles. The molecule has 1 saturated heterocycles. The highest BCUT2D eigenvalue weighted by atomic mass is 16.2. The smallest absolute Gasteiger partial charge is 0.325 e. The maximum absolute atomic E-state index is 12.7. The van der Waals surface area contributed by atoms with E-state index in [1.165, 1.54) is 16.7 Å². The number of hydrogen-bond donors (Lipinski definition) is 1. The number of hydrogen-bond acceptors (Lipinski definition) is 3. The largest absolute Gasteiger partial charge is 0.337 e. The van der Waals surface area contributed by atoms with Crippen molar-refractivity contribution in [3.05, 3.63) is 41.5 Å². The first-order chi connectivity index (χ1) is 12.9. The molecule has 1 atom stereocenters. The minimum Gasteiger partial charge on any atom is -0.337 e. The zero-order chi connectivity index (χ0) is 19.2. The predicted molar refractivity (Wildman–Crippen MR) is 102 cm³/mol. The molecule has 1 N–H and O–H groups in total. The third kappa shape index (κ3) is 3.24. The number of urea groups is 1. The van der Waals surface area contributed by atoms with Gasteiger partial charge in [-0.25, -0.2) is 4.79 Å². The lowest BCUT2D eigenvalue weighted by atomic mass is 9.96. The van der Waals surface area contributed by atoms with E-state index >= 15 is 0 Å². The van der Waals surface area contributed by atoms with Gasteiger partial charge in [0.2, 0.25) is 5.91 Å². The van der Waals surface area contributed by atoms with Crippen LogP contribution in [-0.4, -0.2) is 52.8 Å². The van der Waals surface area contributed by atoms with Gasteiger partial charge in [0, 0.05) is 13.1 Å². The number of benzene rings is 1. The van der Waals surface area contributed by atoms with Crippen LogP contribution in [0.3, 0.4) is 0 Å². The van der Waals surface area contributed by atoms with E-state index in [9.17, 15) is 14.4 Å². The minimum absolute atomic E-state index is 0.180. The fourth-order valence-corrected chi connectivity index (χ4v) is 3.96. The van der Waals surface area contributed by atoms with Crippen LogP contribution in [0.25, 0.3) is 5.57 Å². The number of aryl methyl sites for hydroxylation is 1. The fraction of sp³-hybridized carbons (Fsp3) is 0.476. The molecule has 2 fully saturated rings. The molecule has 3 aliphatic rings. The lowest BCUT2D eigenvalue weighted by Crippen LogP contribution is -2.47. The van der Waals surface area contributed by atoms with Crippen LogP contribution in [0.5, 0.6) is 0 Å². The van der Waals surface area contributed by atoms with Crippen LogP contribution in [0.15, 0.2) is 30.3 Å². The van der Waals surface area contributed by atoms with Crippen LogP contribution in [0.1, 0.15) is 37.3 Å². The topological polar surface area (TPSA) is 69.7 Å². The Balaban J connectivity index is 1.39. The lowest BCUT2D eigenvalue weighted by Gasteiger charge is -2.28. The Hall–Kier alpha value is -2.63. The second-order valence-electron chi connectivity index (χ2n) is 7.98. The van der Waals surface area contributed by atoms with Gasteiger partial charge in [0.25, 0.3) is 5.91 Å². The van der Waals surface area contributed by atoms with E-state index in [1.807, 2.05) is 0 Å². The number of imide groups is 1. The molecule has 4 amide bonds. The normalized spacial score (nSPS) is 25.5. The number of carbonyl (C=O) groups is 3. The van der Waals surface area contributed by atoms with Gasteiger partial charge in [-0.3, -0.25) is 14.5 Å². The van der Waals surface area contributed by atoms with Gasteiger partial charge in [0.05, 0.1) is 0 Å². The number of amides is 4. The summed E-state index contributed by atoms with van der Waals surface area (Å²) in [6.45, 7) is 4.75. The zero-order valence-corrected chi connectivity index (χ0v) is 15.8. The van der Waals surface area contributed by atoms with Gasteiger partial charge < -0.3 is 10.2 Å². The summed E-state index contributed by atoms with van der Waals surface area (Å²) >= 11 is 0. The molecule has 27 heavy (non-hydrogen) atoms. The molecule has 0 bridgehead atoms. The monoisotopic (exact) mass is 367 g/mol. The molecule has 0 spiro atoms. The molecule has 2 aliphatic heterocycles. The molecule has 1 saturated carbocycles. The standard InChI is InChI=1S/C21H25N3O3/c1-14-3-5-15(6-4-14)16-9-11-23(12-10-16)18(25)13-24-19(26)21(2,17-7-8-17)22-20(24)27/h3-6,9,17H,7-8,10-13H2,1-2H3,(H,22,27)/t21-/m1/s1. The van der Waals surface area contributed by atoms with Gasteiger partial charge in [0.15, 0.2) is 0 Å². The summed E-state index contributed by atoms with van der Waals surface area (Å²) in [6, 6.07) is 7.93. The molecule has 0 radical (unpaired) electrons. The molecule has 142 valence electrons. The Labute approximate surface area is 159 Å². The SMILES string of the molecule is Cc1ccc(C2=CCN(C(=O)CN3C(=O)N[C@](C)(C4CC4)C3=O)CC2)cc1. The van der Waals surface area contributed by atoms with E-state index in [1.54, 1.807) is 11.8 Å². The summed E-state index contributed by atoms with van der Waals surface area (Å²) in [4.78, 5) is 40.3. The van der Waals surface area contributed by atoms with E-state index in [2.05, 4.69) is 42.6 Å². The van der Waals surface area contributed by atoms with Gasteiger partial charge in [-0.1, -0.05) is 35.9 Å². The molecular formula is C21H25N3O3. The molecule has 6 heteroatoms. The van der Waals surface area contributed by atoms with E-state index in [0.717, 1.165) is 24.2 Å². The van der Waals surface area contributed by atoms with Gasteiger partial charge in [0.1, 0.15) is 12.1 Å². The van der Waals surface area contributed by atoms with Crippen molar-refractivity contribution in [2.45, 2.75) is 38.6 Å². The van der Waals surface area contributed by atoms with E-state index in [4.69, 9.17) is 0 Å². The van der Waals surface area contributed by atoms with Crippen LogP contribution in [0.4, 0.5) is 4.79 Å². The number of nitrogens with zero attached hydrogens (tertiary/aromatic N) is 2. The van der Waals surface area contributed by atoms with Gasteiger partial charge in [-0.2, -0.15) is 0 Å². The quantitative estimate of drug-likeness (QED) is 0.831. The molecular weight excluding hydrogens is 342 g/mol. The average Bonchev–Trinajstić information content (AvgIpc) is 3.48. The Bertz CT molecular complexity index is 826. The Morgan fingerprint density at radius 3 is 2.52 bits per heavy atom.